The minimum absolute atomic E-state index is 0.354. The van der Waals surface area contributed by atoms with Crippen LogP contribution in [0.15, 0.2) is 24.8 Å². The molecule has 32 heavy (non-hydrogen) atoms. The predicted molar refractivity (Wildman–Crippen MR) is 137 cm³/mol. The van der Waals surface area contributed by atoms with Gasteiger partial charge in [0.05, 0.1) is 42.8 Å². The molecule has 5 rings (SSSR count). The molecule has 2 aliphatic rings. The summed E-state index contributed by atoms with van der Waals surface area (Å²) in [5.74, 6) is 0. The van der Waals surface area contributed by atoms with E-state index in [0.717, 1.165) is 16.1 Å². The van der Waals surface area contributed by atoms with Gasteiger partial charge in [-0.25, -0.2) is 0 Å². The van der Waals surface area contributed by atoms with Gasteiger partial charge in [0, 0.05) is 16.1 Å². The number of hydrogen-bond acceptors (Lipinski definition) is 6. The van der Waals surface area contributed by atoms with Crippen LogP contribution < -0.4 is 9.55 Å². The van der Waals surface area contributed by atoms with Crippen molar-refractivity contribution in [3.05, 3.63) is 24.8 Å². The molecular formula is C23H31B2NO4S2. The molecule has 0 unspecified atom stereocenters. The van der Waals surface area contributed by atoms with Crippen molar-refractivity contribution in [2.45, 2.75) is 84.3 Å². The van der Waals surface area contributed by atoms with E-state index in [1.54, 1.807) is 22.7 Å². The molecule has 3 aromatic rings. The zero-order chi connectivity index (χ0) is 23.3. The summed E-state index contributed by atoms with van der Waals surface area (Å²) < 4.78 is 32.3. The first-order valence-electron chi connectivity index (χ1n) is 11.1. The SMILES string of the molecule is C=CCn1c2cc(B3OC(C)(C)C(C)(C)O3)sc2c2sc(B3OC(C)(C)C(C)(C)O3)cc21. The van der Waals surface area contributed by atoms with Crippen LogP contribution in [0.5, 0.6) is 0 Å². The highest BCUT2D eigenvalue weighted by atomic mass is 32.1. The zero-order valence-electron chi connectivity index (χ0n) is 20.2. The lowest BCUT2D eigenvalue weighted by molar-refractivity contribution is 0.00578. The lowest BCUT2D eigenvalue weighted by Gasteiger charge is -2.32. The van der Waals surface area contributed by atoms with Gasteiger partial charge in [0.2, 0.25) is 0 Å². The Bertz CT molecular complexity index is 1100. The van der Waals surface area contributed by atoms with Crippen molar-refractivity contribution in [1.29, 1.82) is 0 Å². The van der Waals surface area contributed by atoms with Crippen molar-refractivity contribution < 1.29 is 18.6 Å². The Kier molecular flexibility index (Phi) is 4.94. The summed E-state index contributed by atoms with van der Waals surface area (Å²) in [6, 6.07) is 4.43. The highest BCUT2D eigenvalue weighted by Gasteiger charge is 2.53. The van der Waals surface area contributed by atoms with Gasteiger partial charge in [-0.05, 0) is 67.5 Å². The van der Waals surface area contributed by atoms with Gasteiger partial charge in [-0.1, -0.05) is 6.08 Å². The van der Waals surface area contributed by atoms with Crippen molar-refractivity contribution in [3.63, 3.8) is 0 Å². The van der Waals surface area contributed by atoms with E-state index in [-0.39, 0.29) is 36.6 Å². The zero-order valence-corrected chi connectivity index (χ0v) is 21.8. The molecule has 0 aromatic carbocycles. The van der Waals surface area contributed by atoms with Crippen LogP contribution in [-0.4, -0.2) is 41.2 Å². The van der Waals surface area contributed by atoms with E-state index >= 15 is 0 Å². The van der Waals surface area contributed by atoms with Crippen LogP contribution in [0.3, 0.4) is 0 Å². The van der Waals surface area contributed by atoms with E-state index in [1.165, 1.54) is 20.4 Å². The van der Waals surface area contributed by atoms with Crippen LogP contribution in [0.25, 0.3) is 20.4 Å². The van der Waals surface area contributed by atoms with Gasteiger partial charge in [0.1, 0.15) is 0 Å². The molecule has 3 aromatic heterocycles. The Labute approximate surface area is 199 Å². The molecule has 5 heterocycles. The second-order valence-electron chi connectivity index (χ2n) is 10.8. The number of thiophene rings is 2. The number of nitrogens with zero attached hydrogens (tertiary/aromatic N) is 1. The highest BCUT2D eigenvalue weighted by Crippen LogP contribution is 2.41. The van der Waals surface area contributed by atoms with E-state index in [9.17, 15) is 0 Å². The largest absolute Gasteiger partial charge is 0.505 e. The first-order chi connectivity index (χ1) is 14.8. The van der Waals surface area contributed by atoms with Gasteiger partial charge >= 0.3 is 14.2 Å². The van der Waals surface area contributed by atoms with Crippen molar-refractivity contribution in [3.8, 4) is 0 Å². The molecule has 5 nitrogen and oxygen atoms in total. The first-order valence-corrected chi connectivity index (χ1v) is 12.8. The molecule has 9 heteroatoms. The van der Waals surface area contributed by atoms with E-state index in [0.29, 0.717) is 0 Å². The maximum Gasteiger partial charge on any atom is 0.505 e. The topological polar surface area (TPSA) is 41.9 Å². The Morgan fingerprint density at radius 1 is 0.750 bits per heavy atom. The van der Waals surface area contributed by atoms with E-state index in [2.05, 4.69) is 78.7 Å². The van der Waals surface area contributed by atoms with Crippen LogP contribution in [0.2, 0.25) is 0 Å². The third kappa shape index (κ3) is 3.20. The molecule has 0 saturated carbocycles. The first kappa shape index (κ1) is 22.7. The number of fused-ring (bicyclic) bond motifs is 3. The molecule has 0 spiro atoms. The smallest absolute Gasteiger partial charge is 0.399 e. The van der Waals surface area contributed by atoms with Crippen LogP contribution in [0.4, 0.5) is 0 Å². The molecule has 0 aliphatic carbocycles. The Morgan fingerprint density at radius 3 is 1.41 bits per heavy atom. The Balaban J connectivity index is 1.57. The molecule has 0 radical (unpaired) electrons. The molecule has 170 valence electrons. The predicted octanol–water partition coefficient (Wildman–Crippen LogP) is 4.70. The molecule has 0 N–H and O–H groups in total. The van der Waals surface area contributed by atoms with Gasteiger partial charge in [-0.15, -0.1) is 29.3 Å². The minimum Gasteiger partial charge on any atom is -0.399 e. The molecular weight excluding hydrogens is 440 g/mol. The maximum absolute atomic E-state index is 6.32. The lowest BCUT2D eigenvalue weighted by atomic mass is 9.88. The Hall–Kier alpha value is -1.09. The normalized spacial score (nSPS) is 23.6. The molecule has 0 amide bonds. The van der Waals surface area contributed by atoms with Crippen LogP contribution in [0.1, 0.15) is 55.4 Å². The summed E-state index contributed by atoms with van der Waals surface area (Å²) in [6.07, 6.45) is 1.94. The van der Waals surface area contributed by atoms with Gasteiger partial charge in [0.25, 0.3) is 0 Å². The average Bonchev–Trinajstić information content (AvgIpc) is 3.39. The van der Waals surface area contributed by atoms with Crippen molar-refractivity contribution in [2.75, 3.05) is 0 Å². The number of rotatable bonds is 4. The van der Waals surface area contributed by atoms with E-state index < -0.39 is 0 Å². The molecule has 0 atom stereocenters. The summed E-state index contributed by atoms with van der Waals surface area (Å²) in [5, 5.41) is 0. The molecule has 0 bridgehead atoms. The Morgan fingerprint density at radius 2 is 1.09 bits per heavy atom. The fourth-order valence-corrected chi connectivity index (χ4v) is 6.52. The lowest BCUT2D eigenvalue weighted by Crippen LogP contribution is -2.41. The second kappa shape index (κ2) is 6.96. The van der Waals surface area contributed by atoms with E-state index in [1.807, 2.05) is 6.08 Å². The number of hydrogen-bond donors (Lipinski definition) is 0. The highest BCUT2D eigenvalue weighted by molar-refractivity contribution is 7.35. The van der Waals surface area contributed by atoms with Crippen molar-refractivity contribution >= 4 is 66.9 Å². The monoisotopic (exact) mass is 471 g/mol. The second-order valence-corrected chi connectivity index (χ2v) is 13.0. The van der Waals surface area contributed by atoms with Crippen LogP contribution in [0, 0.1) is 0 Å². The molecule has 2 fully saturated rings. The van der Waals surface area contributed by atoms with Crippen LogP contribution >= 0.6 is 22.7 Å². The third-order valence-electron chi connectivity index (χ3n) is 7.53. The quantitative estimate of drug-likeness (QED) is 0.409. The minimum atomic E-state index is -0.356. The summed E-state index contributed by atoms with van der Waals surface area (Å²) in [5.41, 5.74) is 0.966. The summed E-state index contributed by atoms with van der Waals surface area (Å²) in [4.78, 5) is 0. The number of aromatic nitrogens is 1. The fourth-order valence-electron chi connectivity index (χ4n) is 4.13. The van der Waals surface area contributed by atoms with Crippen LogP contribution in [-0.2, 0) is 25.2 Å². The van der Waals surface area contributed by atoms with E-state index in [4.69, 9.17) is 18.6 Å². The summed E-state index contributed by atoms with van der Waals surface area (Å²) in [7, 11) is -0.709. The average molecular weight is 471 g/mol. The van der Waals surface area contributed by atoms with Gasteiger partial charge in [-0.2, -0.15) is 0 Å². The maximum atomic E-state index is 6.32. The third-order valence-corrected chi connectivity index (χ3v) is 9.99. The van der Waals surface area contributed by atoms with Crippen molar-refractivity contribution in [1.82, 2.24) is 4.57 Å². The summed E-state index contributed by atoms with van der Waals surface area (Å²) in [6.45, 7) is 21.4. The van der Waals surface area contributed by atoms with Gasteiger partial charge in [0.15, 0.2) is 0 Å². The van der Waals surface area contributed by atoms with Crippen molar-refractivity contribution in [2.24, 2.45) is 0 Å². The summed E-state index contributed by atoms with van der Waals surface area (Å²) >= 11 is 3.50. The number of allylic oxidation sites excluding steroid dienone is 1. The standard InChI is InChI=1S/C23H31B2NO4S2/c1-10-11-26-14-12-16(24-27-20(2,3)21(4,5)28-24)31-18(14)19-15(26)13-17(32-19)25-29-22(6,7)23(8,9)30-25/h10,12-13H,1,11H2,2-9H3. The molecule has 2 saturated heterocycles. The fraction of sp³-hybridized carbons (Fsp3) is 0.565. The van der Waals surface area contributed by atoms with Gasteiger partial charge < -0.3 is 23.2 Å². The molecule has 2 aliphatic heterocycles. The van der Waals surface area contributed by atoms with Gasteiger partial charge in [-0.3, -0.25) is 0 Å².